The molecule has 33 heavy (non-hydrogen) atoms. The first kappa shape index (κ1) is 21.6. The SMILES string of the molecule is FC(F)(F)c1ccc(CN2CCN(Cc3ccc4[nH]c(-c5cccnc5)nc4c3)CC2)cc1. The number of rotatable bonds is 5. The molecule has 4 aromatic rings. The molecule has 170 valence electrons. The molecule has 1 saturated heterocycles. The summed E-state index contributed by atoms with van der Waals surface area (Å²) in [5.41, 5.74) is 4.41. The van der Waals surface area contributed by atoms with E-state index in [0.717, 1.165) is 72.8 Å². The van der Waals surface area contributed by atoms with Crippen LogP contribution in [0.1, 0.15) is 16.7 Å². The lowest BCUT2D eigenvalue weighted by Gasteiger charge is -2.34. The Morgan fingerprint density at radius 3 is 2.15 bits per heavy atom. The smallest absolute Gasteiger partial charge is 0.338 e. The monoisotopic (exact) mass is 451 g/mol. The number of fused-ring (bicyclic) bond motifs is 1. The fourth-order valence-electron chi connectivity index (χ4n) is 4.21. The highest BCUT2D eigenvalue weighted by atomic mass is 19.4. The number of H-pyrrole nitrogens is 1. The molecule has 5 rings (SSSR count). The van der Waals surface area contributed by atoms with Crippen LogP contribution in [0.15, 0.2) is 67.0 Å². The summed E-state index contributed by atoms with van der Waals surface area (Å²) in [5.74, 6) is 0.812. The molecule has 5 nitrogen and oxygen atoms in total. The number of halogens is 3. The summed E-state index contributed by atoms with van der Waals surface area (Å²) in [7, 11) is 0. The van der Waals surface area contributed by atoms with Crippen molar-refractivity contribution in [3.05, 3.63) is 83.7 Å². The van der Waals surface area contributed by atoms with E-state index in [2.05, 4.69) is 38.0 Å². The van der Waals surface area contributed by atoms with Crippen LogP contribution in [0.3, 0.4) is 0 Å². The quantitative estimate of drug-likeness (QED) is 0.466. The fourth-order valence-corrected chi connectivity index (χ4v) is 4.21. The van der Waals surface area contributed by atoms with E-state index >= 15 is 0 Å². The Bertz CT molecular complexity index is 1210. The first-order valence-corrected chi connectivity index (χ1v) is 10.9. The predicted octanol–water partition coefficient (Wildman–Crippen LogP) is 4.96. The number of aromatic amines is 1. The summed E-state index contributed by atoms with van der Waals surface area (Å²) in [4.78, 5) is 16.9. The highest BCUT2D eigenvalue weighted by molar-refractivity contribution is 5.79. The number of nitrogens with zero attached hydrogens (tertiary/aromatic N) is 4. The van der Waals surface area contributed by atoms with Gasteiger partial charge in [-0.2, -0.15) is 13.2 Å². The van der Waals surface area contributed by atoms with Crippen molar-refractivity contribution >= 4 is 11.0 Å². The van der Waals surface area contributed by atoms with Gasteiger partial charge in [0.05, 0.1) is 16.6 Å². The van der Waals surface area contributed by atoms with Gasteiger partial charge in [-0.1, -0.05) is 18.2 Å². The number of aromatic nitrogens is 3. The van der Waals surface area contributed by atoms with Gasteiger partial charge in [0.1, 0.15) is 5.82 Å². The number of piperazine rings is 1. The van der Waals surface area contributed by atoms with Gasteiger partial charge in [-0.15, -0.1) is 0 Å². The molecule has 1 fully saturated rings. The van der Waals surface area contributed by atoms with Crippen LogP contribution in [0.2, 0.25) is 0 Å². The lowest BCUT2D eigenvalue weighted by Crippen LogP contribution is -2.45. The average molecular weight is 451 g/mol. The van der Waals surface area contributed by atoms with Gasteiger partial charge in [-0.25, -0.2) is 4.98 Å². The maximum Gasteiger partial charge on any atom is 0.416 e. The molecule has 0 radical (unpaired) electrons. The van der Waals surface area contributed by atoms with E-state index in [1.807, 2.05) is 12.1 Å². The molecule has 1 aliphatic rings. The molecule has 2 aromatic heterocycles. The molecule has 0 amide bonds. The van der Waals surface area contributed by atoms with Gasteiger partial charge in [0.25, 0.3) is 0 Å². The summed E-state index contributed by atoms with van der Waals surface area (Å²) in [6.07, 6.45) is -0.750. The second kappa shape index (κ2) is 8.96. The van der Waals surface area contributed by atoms with Gasteiger partial charge in [0.15, 0.2) is 0 Å². The Kier molecular flexibility index (Phi) is 5.86. The Hall–Kier alpha value is -3.23. The fraction of sp³-hybridized carbons (Fsp3) is 0.280. The molecule has 0 atom stereocenters. The summed E-state index contributed by atoms with van der Waals surface area (Å²) in [6, 6.07) is 15.7. The van der Waals surface area contributed by atoms with Gasteiger partial charge in [0, 0.05) is 57.2 Å². The third kappa shape index (κ3) is 5.07. The minimum Gasteiger partial charge on any atom is -0.338 e. The zero-order valence-electron chi connectivity index (χ0n) is 18.0. The molecule has 0 unspecified atom stereocenters. The van der Waals surface area contributed by atoms with Crippen molar-refractivity contribution in [3.63, 3.8) is 0 Å². The minimum atomic E-state index is -4.29. The van der Waals surface area contributed by atoms with Crippen molar-refractivity contribution < 1.29 is 13.2 Å². The number of nitrogens with one attached hydrogen (secondary N) is 1. The van der Waals surface area contributed by atoms with Crippen molar-refractivity contribution in [2.45, 2.75) is 19.3 Å². The van der Waals surface area contributed by atoms with E-state index in [1.165, 1.54) is 5.56 Å². The molecular weight excluding hydrogens is 427 g/mol. The molecule has 1 aliphatic heterocycles. The highest BCUT2D eigenvalue weighted by Crippen LogP contribution is 2.29. The molecule has 2 aromatic carbocycles. The van der Waals surface area contributed by atoms with Gasteiger partial charge >= 0.3 is 6.18 Å². The first-order chi connectivity index (χ1) is 15.9. The maximum absolute atomic E-state index is 12.7. The van der Waals surface area contributed by atoms with E-state index in [4.69, 9.17) is 4.98 Å². The molecule has 8 heteroatoms. The van der Waals surface area contributed by atoms with Crippen LogP contribution < -0.4 is 0 Å². The van der Waals surface area contributed by atoms with E-state index in [0.29, 0.717) is 6.54 Å². The van der Waals surface area contributed by atoms with Crippen molar-refractivity contribution in [1.29, 1.82) is 0 Å². The van der Waals surface area contributed by atoms with Gasteiger partial charge in [-0.05, 0) is 47.5 Å². The summed E-state index contributed by atoms with van der Waals surface area (Å²) in [6.45, 7) is 5.12. The van der Waals surface area contributed by atoms with E-state index < -0.39 is 11.7 Å². The van der Waals surface area contributed by atoms with Crippen molar-refractivity contribution in [2.24, 2.45) is 0 Å². The maximum atomic E-state index is 12.7. The molecule has 3 heterocycles. The van der Waals surface area contributed by atoms with Crippen LogP contribution in [0.25, 0.3) is 22.4 Å². The van der Waals surface area contributed by atoms with Crippen LogP contribution in [0.5, 0.6) is 0 Å². The minimum absolute atomic E-state index is 0.600. The van der Waals surface area contributed by atoms with E-state index in [-0.39, 0.29) is 0 Å². The molecule has 0 bridgehead atoms. The third-order valence-electron chi connectivity index (χ3n) is 6.04. The second-order valence-corrected chi connectivity index (χ2v) is 8.43. The Labute approximate surface area is 189 Å². The molecule has 0 aliphatic carbocycles. The number of hydrogen-bond acceptors (Lipinski definition) is 4. The van der Waals surface area contributed by atoms with E-state index in [1.54, 1.807) is 24.5 Å². The number of pyridine rings is 1. The summed E-state index contributed by atoms with van der Waals surface area (Å²) >= 11 is 0. The normalized spacial score (nSPS) is 15.8. The summed E-state index contributed by atoms with van der Waals surface area (Å²) in [5, 5.41) is 0. The molecule has 0 spiro atoms. The number of benzene rings is 2. The predicted molar refractivity (Wildman–Crippen MR) is 121 cm³/mol. The molecule has 1 N–H and O–H groups in total. The third-order valence-corrected chi connectivity index (χ3v) is 6.04. The van der Waals surface area contributed by atoms with Crippen LogP contribution in [-0.4, -0.2) is 50.9 Å². The average Bonchev–Trinajstić information content (AvgIpc) is 3.24. The van der Waals surface area contributed by atoms with Crippen LogP contribution in [0.4, 0.5) is 13.2 Å². The van der Waals surface area contributed by atoms with Crippen LogP contribution in [-0.2, 0) is 19.3 Å². The lowest BCUT2D eigenvalue weighted by molar-refractivity contribution is -0.137. The first-order valence-electron chi connectivity index (χ1n) is 10.9. The van der Waals surface area contributed by atoms with Gasteiger partial charge in [0.2, 0.25) is 0 Å². The second-order valence-electron chi connectivity index (χ2n) is 8.43. The Morgan fingerprint density at radius 1 is 0.848 bits per heavy atom. The van der Waals surface area contributed by atoms with E-state index in [9.17, 15) is 13.2 Å². The standard InChI is InChI=1S/C25H24F3N5/c26-25(27,28)21-6-3-18(4-7-21)16-32-10-12-33(13-11-32)17-19-5-8-22-23(14-19)31-24(30-22)20-2-1-9-29-15-20/h1-9,14-15H,10-13,16-17H2,(H,30,31). The van der Waals surface area contributed by atoms with Gasteiger partial charge in [-0.3, -0.25) is 14.8 Å². The van der Waals surface area contributed by atoms with Crippen molar-refractivity contribution in [3.8, 4) is 11.4 Å². The Morgan fingerprint density at radius 2 is 1.52 bits per heavy atom. The van der Waals surface area contributed by atoms with Crippen LogP contribution in [0, 0.1) is 0 Å². The number of hydrogen-bond donors (Lipinski definition) is 1. The highest BCUT2D eigenvalue weighted by Gasteiger charge is 2.30. The largest absolute Gasteiger partial charge is 0.416 e. The number of alkyl halides is 3. The topological polar surface area (TPSA) is 48.0 Å². The molecule has 0 saturated carbocycles. The van der Waals surface area contributed by atoms with Crippen molar-refractivity contribution in [1.82, 2.24) is 24.8 Å². The zero-order valence-corrected chi connectivity index (χ0v) is 18.0. The zero-order chi connectivity index (χ0) is 22.8. The summed E-state index contributed by atoms with van der Waals surface area (Å²) < 4.78 is 38.2. The van der Waals surface area contributed by atoms with Crippen LogP contribution >= 0.6 is 0 Å². The Balaban J connectivity index is 1.17. The van der Waals surface area contributed by atoms with Crippen molar-refractivity contribution in [2.75, 3.05) is 26.2 Å². The lowest BCUT2D eigenvalue weighted by atomic mass is 10.1. The van der Waals surface area contributed by atoms with Gasteiger partial charge < -0.3 is 4.98 Å². The molecular formula is C25H24F3N5. The number of imidazole rings is 1.